The number of nitrogens with zero attached hydrogens (tertiary/aromatic N) is 6. The molecule has 0 spiro atoms. The van der Waals surface area contributed by atoms with Crippen LogP contribution in [0, 0.1) is 5.92 Å². The second kappa shape index (κ2) is 10.3. The zero-order chi connectivity index (χ0) is 29.8. The van der Waals surface area contributed by atoms with Crippen molar-refractivity contribution in [2.75, 3.05) is 36.6 Å². The van der Waals surface area contributed by atoms with Gasteiger partial charge >= 0.3 is 6.09 Å². The van der Waals surface area contributed by atoms with Gasteiger partial charge in [0.2, 0.25) is 0 Å². The average Bonchev–Trinajstić information content (AvgIpc) is 3.66. The van der Waals surface area contributed by atoms with Crippen LogP contribution >= 0.6 is 0 Å². The quantitative estimate of drug-likeness (QED) is 0.345. The molecular weight excluding hydrogens is 532 g/mol. The predicted molar refractivity (Wildman–Crippen MR) is 162 cm³/mol. The number of carbonyl (C=O) groups is 2. The molecule has 1 saturated heterocycles. The number of ether oxygens (including phenoxy) is 1. The summed E-state index contributed by atoms with van der Waals surface area (Å²) in [7, 11) is 3.87. The highest BCUT2D eigenvalue weighted by molar-refractivity contribution is 6.05. The molecule has 1 saturated carbocycles. The van der Waals surface area contributed by atoms with Crippen LogP contribution in [0.1, 0.15) is 50.0 Å². The maximum atomic E-state index is 13.0. The van der Waals surface area contributed by atoms with Crippen molar-refractivity contribution < 1.29 is 14.3 Å². The van der Waals surface area contributed by atoms with Crippen molar-refractivity contribution in [3.63, 3.8) is 0 Å². The molecule has 0 radical (unpaired) electrons. The highest BCUT2D eigenvalue weighted by Gasteiger charge is 2.49. The lowest BCUT2D eigenvalue weighted by molar-refractivity contribution is 0.0135. The molecule has 2 fully saturated rings. The highest BCUT2D eigenvalue weighted by Crippen LogP contribution is 2.46. The lowest BCUT2D eigenvalue weighted by atomic mass is 10.1. The van der Waals surface area contributed by atoms with Crippen LogP contribution in [-0.2, 0) is 4.74 Å². The number of fused-ring (bicyclic) bond motifs is 3. The lowest BCUT2D eigenvalue weighted by Gasteiger charge is -2.34. The van der Waals surface area contributed by atoms with E-state index in [0.717, 1.165) is 24.1 Å². The van der Waals surface area contributed by atoms with Crippen LogP contribution in [0.3, 0.4) is 0 Å². The van der Waals surface area contributed by atoms with Crippen LogP contribution < -0.4 is 16.0 Å². The van der Waals surface area contributed by atoms with Crippen molar-refractivity contribution in [1.82, 2.24) is 24.6 Å². The second-order valence-electron chi connectivity index (χ2n) is 12.3. The number of hydrogen-bond acceptors (Lipinski definition) is 8. The third-order valence-corrected chi connectivity index (χ3v) is 7.95. The molecule has 42 heavy (non-hydrogen) atoms. The summed E-state index contributed by atoms with van der Waals surface area (Å²) in [4.78, 5) is 38.5. The monoisotopic (exact) mass is 568 g/mol. The Morgan fingerprint density at radius 1 is 1.05 bits per heavy atom. The molecule has 4 aromatic rings. The van der Waals surface area contributed by atoms with E-state index in [2.05, 4.69) is 15.3 Å². The van der Waals surface area contributed by atoms with E-state index in [1.54, 1.807) is 6.07 Å². The van der Waals surface area contributed by atoms with Crippen molar-refractivity contribution >= 4 is 40.2 Å². The predicted octanol–water partition coefficient (Wildman–Crippen LogP) is 4.96. The van der Waals surface area contributed by atoms with Gasteiger partial charge in [0.05, 0.1) is 17.5 Å². The third-order valence-electron chi connectivity index (χ3n) is 7.95. The minimum atomic E-state index is -0.566. The van der Waals surface area contributed by atoms with Crippen molar-refractivity contribution in [3.8, 4) is 11.3 Å². The Bertz CT molecular complexity index is 1660. The lowest BCUT2D eigenvalue weighted by Crippen LogP contribution is -2.45. The summed E-state index contributed by atoms with van der Waals surface area (Å²) in [5.41, 5.74) is 10.1. The molecule has 11 heteroatoms. The van der Waals surface area contributed by atoms with E-state index in [-0.39, 0.29) is 24.1 Å². The van der Waals surface area contributed by atoms with Gasteiger partial charge in [-0.05, 0) is 69.9 Å². The summed E-state index contributed by atoms with van der Waals surface area (Å²) in [5, 5.41) is 8.65. The van der Waals surface area contributed by atoms with Crippen LogP contribution in [-0.4, -0.2) is 68.9 Å². The Balaban J connectivity index is 1.28. The minimum Gasteiger partial charge on any atom is -0.444 e. The molecule has 11 nitrogen and oxygen atoms in total. The first-order valence-corrected chi connectivity index (χ1v) is 14.2. The first-order valence-electron chi connectivity index (χ1n) is 14.2. The van der Waals surface area contributed by atoms with Gasteiger partial charge < -0.3 is 25.6 Å². The Morgan fingerprint density at radius 3 is 2.48 bits per heavy atom. The van der Waals surface area contributed by atoms with Crippen molar-refractivity contribution in [2.24, 2.45) is 5.92 Å². The molecule has 2 aromatic carbocycles. The van der Waals surface area contributed by atoms with Gasteiger partial charge in [-0.2, -0.15) is 5.10 Å². The fourth-order valence-electron chi connectivity index (χ4n) is 6.05. The zero-order valence-electron chi connectivity index (χ0n) is 24.5. The number of nitrogens with one attached hydrogen (secondary N) is 1. The standard InChI is InChI=1S/C31H36N8O3/c1-31(2,3)42-30(41)38-16-18-13-23(38)24(14-18)39-28-25(27(32)33-17-34-28)26(36-39)19-9-11-21(12-10-19)35-29(40)20-7-6-8-22(15-20)37(4)5/h6-12,15,17-18,23-24H,13-14,16H2,1-5H3,(H,35,40)(H2,32,33,34). The molecule has 2 amide bonds. The number of piperidine rings is 1. The highest BCUT2D eigenvalue weighted by atomic mass is 16.6. The zero-order valence-corrected chi connectivity index (χ0v) is 24.5. The average molecular weight is 569 g/mol. The van der Waals surface area contributed by atoms with Gasteiger partial charge in [0.15, 0.2) is 5.65 Å². The number of anilines is 3. The van der Waals surface area contributed by atoms with Gasteiger partial charge in [0.25, 0.3) is 5.91 Å². The molecule has 2 aliphatic rings. The largest absolute Gasteiger partial charge is 0.444 e. The Morgan fingerprint density at radius 2 is 1.79 bits per heavy atom. The van der Waals surface area contributed by atoms with Crippen LogP contribution in [0.5, 0.6) is 0 Å². The second-order valence-corrected chi connectivity index (χ2v) is 12.3. The summed E-state index contributed by atoms with van der Waals surface area (Å²) in [5.74, 6) is 0.520. The van der Waals surface area contributed by atoms with Crippen molar-refractivity contribution in [3.05, 3.63) is 60.4 Å². The van der Waals surface area contributed by atoms with E-state index in [1.807, 2.05) is 91.8 Å². The molecule has 2 aromatic heterocycles. The molecule has 218 valence electrons. The first kappa shape index (κ1) is 27.5. The summed E-state index contributed by atoms with van der Waals surface area (Å²) in [6.45, 7) is 6.32. The number of carbonyl (C=O) groups excluding carboxylic acids is 2. The van der Waals surface area contributed by atoms with E-state index in [9.17, 15) is 9.59 Å². The van der Waals surface area contributed by atoms with Crippen LogP contribution in [0.2, 0.25) is 0 Å². The number of nitrogens with two attached hydrogens (primary N) is 1. The van der Waals surface area contributed by atoms with Crippen LogP contribution in [0.25, 0.3) is 22.3 Å². The maximum Gasteiger partial charge on any atom is 0.410 e. The molecule has 6 rings (SSSR count). The number of benzene rings is 2. The number of nitrogen functional groups attached to an aromatic ring is 1. The fourth-order valence-corrected chi connectivity index (χ4v) is 6.05. The van der Waals surface area contributed by atoms with E-state index in [1.165, 1.54) is 6.33 Å². The molecule has 3 unspecified atom stereocenters. The van der Waals surface area contributed by atoms with E-state index in [4.69, 9.17) is 15.6 Å². The van der Waals surface area contributed by atoms with Crippen molar-refractivity contribution in [1.29, 1.82) is 0 Å². The van der Waals surface area contributed by atoms with E-state index in [0.29, 0.717) is 46.3 Å². The molecule has 1 aliphatic carbocycles. The molecule has 3 N–H and O–H groups in total. The number of hydrogen-bond donors (Lipinski definition) is 2. The van der Waals surface area contributed by atoms with Gasteiger partial charge in [-0.3, -0.25) is 4.79 Å². The number of amides is 2. The van der Waals surface area contributed by atoms with Crippen LogP contribution in [0.4, 0.5) is 22.0 Å². The summed E-state index contributed by atoms with van der Waals surface area (Å²) in [6, 6.07) is 14.9. The third kappa shape index (κ3) is 5.10. The molecule has 1 aliphatic heterocycles. The topological polar surface area (TPSA) is 132 Å². The fraction of sp³-hybridized carbons (Fsp3) is 0.387. The summed E-state index contributed by atoms with van der Waals surface area (Å²) < 4.78 is 7.62. The van der Waals surface area contributed by atoms with Gasteiger partial charge in [-0.25, -0.2) is 19.4 Å². The summed E-state index contributed by atoms with van der Waals surface area (Å²) in [6.07, 6.45) is 2.94. The normalized spacial score (nSPS) is 19.7. The first-order chi connectivity index (χ1) is 20.0. The number of likely N-dealkylation sites (tertiary alicyclic amines) is 1. The maximum absolute atomic E-state index is 13.0. The Hall–Kier alpha value is -4.67. The van der Waals surface area contributed by atoms with E-state index < -0.39 is 5.60 Å². The Labute approximate surface area is 244 Å². The number of rotatable bonds is 5. The Kier molecular flexibility index (Phi) is 6.75. The SMILES string of the molecule is CN(C)c1cccc(C(=O)Nc2ccc(-c3nn(C4CC5CC4N(C(=O)OC(C)(C)C)C5)c4ncnc(N)c34)cc2)c1. The van der Waals surface area contributed by atoms with Gasteiger partial charge in [0.1, 0.15) is 23.4 Å². The molecule has 2 bridgehead atoms. The smallest absolute Gasteiger partial charge is 0.410 e. The van der Waals surface area contributed by atoms with Gasteiger partial charge in [0, 0.05) is 43.1 Å². The summed E-state index contributed by atoms with van der Waals surface area (Å²) >= 11 is 0. The molecular formula is C31H36N8O3. The van der Waals surface area contributed by atoms with Gasteiger partial charge in [-0.15, -0.1) is 0 Å². The minimum absolute atomic E-state index is 0.0411. The van der Waals surface area contributed by atoms with Gasteiger partial charge in [-0.1, -0.05) is 18.2 Å². The number of aromatic nitrogens is 4. The van der Waals surface area contributed by atoms with Crippen molar-refractivity contribution in [2.45, 2.75) is 51.3 Å². The van der Waals surface area contributed by atoms with E-state index >= 15 is 0 Å². The van der Waals surface area contributed by atoms with Crippen LogP contribution in [0.15, 0.2) is 54.9 Å². The molecule has 3 atom stereocenters. The molecule has 3 heterocycles.